The Kier molecular flexibility index (Phi) is 3.47. The molecule has 0 fully saturated rings. The van der Waals surface area contributed by atoms with Crippen molar-refractivity contribution < 1.29 is 9.90 Å². The van der Waals surface area contributed by atoms with Crippen molar-refractivity contribution in [3.8, 4) is 0 Å². The van der Waals surface area contributed by atoms with E-state index in [2.05, 4.69) is 25.3 Å². The van der Waals surface area contributed by atoms with Crippen LogP contribution in [0.1, 0.15) is 24.4 Å². The topological polar surface area (TPSA) is 54.6 Å². The first-order chi connectivity index (χ1) is 8.09. The van der Waals surface area contributed by atoms with Crippen LogP contribution in [0.25, 0.3) is 5.52 Å². The van der Waals surface area contributed by atoms with Crippen LogP contribution < -0.4 is 0 Å². The minimum absolute atomic E-state index is 0.179. The van der Waals surface area contributed by atoms with Crippen LogP contribution in [0.5, 0.6) is 0 Å². The summed E-state index contributed by atoms with van der Waals surface area (Å²) in [6.45, 7) is 2.02. The molecule has 4 nitrogen and oxygen atoms in total. The van der Waals surface area contributed by atoms with Gasteiger partial charge >= 0.3 is 5.97 Å². The number of aromatic nitrogens is 2. The Labute approximate surface area is 107 Å². The van der Waals surface area contributed by atoms with Crippen LogP contribution in [0.2, 0.25) is 0 Å². The standard InChI is InChI=1S/C12H13BrN2O2/c1-8-4-2-5-9-12(13)14-10(15(8)9)6-3-7-11(16)17/h2,4-5H,3,6-7H2,1H3,(H,16,17). The lowest BCUT2D eigenvalue weighted by atomic mass is 10.2. The van der Waals surface area contributed by atoms with Crippen molar-refractivity contribution in [2.75, 3.05) is 0 Å². The number of aryl methyl sites for hydroxylation is 2. The Morgan fingerprint density at radius 1 is 1.53 bits per heavy atom. The molecule has 0 saturated carbocycles. The summed E-state index contributed by atoms with van der Waals surface area (Å²) in [6.07, 6.45) is 1.46. The fourth-order valence-electron chi connectivity index (χ4n) is 1.91. The number of nitrogens with zero attached hydrogens (tertiary/aromatic N) is 2. The Hall–Kier alpha value is -1.36. The molecule has 2 rings (SSSR count). The van der Waals surface area contributed by atoms with Gasteiger partial charge < -0.3 is 5.11 Å². The third-order valence-electron chi connectivity index (χ3n) is 2.67. The number of hydrogen-bond acceptors (Lipinski definition) is 2. The summed E-state index contributed by atoms with van der Waals surface area (Å²) >= 11 is 3.42. The molecule has 2 heterocycles. The number of fused-ring (bicyclic) bond motifs is 1. The van der Waals surface area contributed by atoms with Gasteiger partial charge in [0.1, 0.15) is 10.4 Å². The third-order valence-corrected chi connectivity index (χ3v) is 3.26. The number of imidazole rings is 1. The second-order valence-corrected chi connectivity index (χ2v) is 4.71. The molecule has 17 heavy (non-hydrogen) atoms. The highest BCUT2D eigenvalue weighted by atomic mass is 79.9. The lowest BCUT2D eigenvalue weighted by molar-refractivity contribution is -0.137. The van der Waals surface area contributed by atoms with Gasteiger partial charge in [0.05, 0.1) is 5.52 Å². The molecule has 0 aromatic carbocycles. The summed E-state index contributed by atoms with van der Waals surface area (Å²) in [4.78, 5) is 14.9. The van der Waals surface area contributed by atoms with E-state index < -0.39 is 5.97 Å². The van der Waals surface area contributed by atoms with Crippen LogP contribution in [0.3, 0.4) is 0 Å². The first-order valence-electron chi connectivity index (χ1n) is 5.44. The summed E-state index contributed by atoms with van der Waals surface area (Å²) in [6, 6.07) is 5.99. The summed E-state index contributed by atoms with van der Waals surface area (Å²) in [5.74, 6) is 0.146. The van der Waals surface area contributed by atoms with Crippen molar-refractivity contribution in [1.29, 1.82) is 0 Å². The highest BCUT2D eigenvalue weighted by Crippen LogP contribution is 2.21. The van der Waals surface area contributed by atoms with Gasteiger partial charge in [-0.1, -0.05) is 6.07 Å². The fourth-order valence-corrected chi connectivity index (χ4v) is 2.42. The molecule has 5 heteroatoms. The molecule has 0 aliphatic rings. The quantitative estimate of drug-likeness (QED) is 0.944. The van der Waals surface area contributed by atoms with Gasteiger partial charge in [0.15, 0.2) is 0 Å². The second kappa shape index (κ2) is 4.87. The third kappa shape index (κ3) is 2.49. The molecule has 0 spiro atoms. The van der Waals surface area contributed by atoms with E-state index in [4.69, 9.17) is 5.11 Å². The van der Waals surface area contributed by atoms with Gasteiger partial charge in [-0.25, -0.2) is 4.98 Å². The lowest BCUT2D eigenvalue weighted by Gasteiger charge is -2.03. The molecule has 0 bridgehead atoms. The van der Waals surface area contributed by atoms with E-state index in [1.54, 1.807) is 0 Å². The fraction of sp³-hybridized carbons (Fsp3) is 0.333. The monoisotopic (exact) mass is 296 g/mol. The first kappa shape index (κ1) is 12.1. The van der Waals surface area contributed by atoms with E-state index in [1.165, 1.54) is 0 Å². The smallest absolute Gasteiger partial charge is 0.303 e. The number of hydrogen-bond donors (Lipinski definition) is 1. The molecule has 0 radical (unpaired) electrons. The second-order valence-electron chi connectivity index (χ2n) is 3.95. The van der Waals surface area contributed by atoms with Gasteiger partial charge in [0.25, 0.3) is 0 Å². The normalized spacial score (nSPS) is 10.9. The molecule has 0 aliphatic carbocycles. The first-order valence-corrected chi connectivity index (χ1v) is 6.23. The van der Waals surface area contributed by atoms with Crippen LogP contribution in [0.15, 0.2) is 22.8 Å². The lowest BCUT2D eigenvalue weighted by Crippen LogP contribution is -2.01. The van der Waals surface area contributed by atoms with Crippen molar-refractivity contribution in [2.24, 2.45) is 0 Å². The van der Waals surface area contributed by atoms with Gasteiger partial charge in [-0.15, -0.1) is 0 Å². The summed E-state index contributed by atoms with van der Waals surface area (Å²) in [7, 11) is 0. The minimum atomic E-state index is -0.762. The van der Waals surface area contributed by atoms with Crippen LogP contribution in [0, 0.1) is 6.92 Å². The predicted octanol–water partition coefficient (Wildman–Crippen LogP) is 2.81. The highest BCUT2D eigenvalue weighted by molar-refractivity contribution is 9.10. The van der Waals surface area contributed by atoms with Gasteiger partial charge in [-0.2, -0.15) is 0 Å². The Morgan fingerprint density at radius 3 is 3.00 bits per heavy atom. The predicted molar refractivity (Wildman–Crippen MR) is 68.2 cm³/mol. The zero-order valence-electron chi connectivity index (χ0n) is 9.48. The Morgan fingerprint density at radius 2 is 2.29 bits per heavy atom. The van der Waals surface area contributed by atoms with E-state index in [0.29, 0.717) is 12.8 Å². The van der Waals surface area contributed by atoms with Gasteiger partial charge in [0.2, 0.25) is 0 Å². The Balaban J connectivity index is 2.31. The van der Waals surface area contributed by atoms with Crippen LogP contribution in [0.4, 0.5) is 0 Å². The molecule has 0 saturated heterocycles. The maximum absolute atomic E-state index is 10.5. The van der Waals surface area contributed by atoms with E-state index in [9.17, 15) is 4.79 Å². The van der Waals surface area contributed by atoms with Gasteiger partial charge in [-0.05, 0) is 41.4 Å². The zero-order valence-corrected chi connectivity index (χ0v) is 11.1. The molecule has 1 N–H and O–H groups in total. The SMILES string of the molecule is Cc1cccc2c(Br)nc(CCCC(=O)O)n12. The van der Waals surface area contributed by atoms with E-state index in [0.717, 1.165) is 21.6 Å². The molecule has 0 aliphatic heterocycles. The van der Waals surface area contributed by atoms with Crippen molar-refractivity contribution in [2.45, 2.75) is 26.2 Å². The van der Waals surface area contributed by atoms with Crippen molar-refractivity contribution in [3.63, 3.8) is 0 Å². The highest BCUT2D eigenvalue weighted by Gasteiger charge is 2.10. The molecule has 2 aromatic heterocycles. The molecule has 90 valence electrons. The summed E-state index contributed by atoms with van der Waals surface area (Å²) in [5, 5.41) is 8.63. The number of aliphatic carboxylic acids is 1. The van der Waals surface area contributed by atoms with Crippen LogP contribution >= 0.6 is 15.9 Å². The molecule has 0 amide bonds. The Bertz CT molecular complexity index is 563. The van der Waals surface area contributed by atoms with E-state index in [-0.39, 0.29) is 6.42 Å². The molecule has 2 aromatic rings. The van der Waals surface area contributed by atoms with Gasteiger partial charge in [0, 0.05) is 18.5 Å². The average Bonchev–Trinajstić information content (AvgIpc) is 2.57. The molecular weight excluding hydrogens is 284 g/mol. The minimum Gasteiger partial charge on any atom is -0.481 e. The number of halogens is 1. The number of carboxylic acid groups (broad SMARTS) is 1. The molecule has 0 unspecified atom stereocenters. The van der Waals surface area contributed by atoms with Crippen molar-refractivity contribution in [3.05, 3.63) is 34.3 Å². The number of carbonyl (C=O) groups is 1. The maximum Gasteiger partial charge on any atom is 0.303 e. The van der Waals surface area contributed by atoms with E-state index in [1.807, 2.05) is 25.1 Å². The number of pyridine rings is 1. The number of rotatable bonds is 4. The van der Waals surface area contributed by atoms with Crippen LogP contribution in [-0.4, -0.2) is 20.5 Å². The van der Waals surface area contributed by atoms with Crippen molar-refractivity contribution >= 4 is 27.4 Å². The molecular formula is C12H13BrN2O2. The number of carboxylic acids is 1. The maximum atomic E-state index is 10.5. The van der Waals surface area contributed by atoms with E-state index >= 15 is 0 Å². The largest absolute Gasteiger partial charge is 0.481 e. The average molecular weight is 297 g/mol. The van der Waals surface area contributed by atoms with Gasteiger partial charge in [-0.3, -0.25) is 9.20 Å². The summed E-state index contributed by atoms with van der Waals surface area (Å²) in [5.41, 5.74) is 2.13. The summed E-state index contributed by atoms with van der Waals surface area (Å²) < 4.78 is 2.87. The van der Waals surface area contributed by atoms with Crippen molar-refractivity contribution in [1.82, 2.24) is 9.38 Å². The zero-order chi connectivity index (χ0) is 12.4. The van der Waals surface area contributed by atoms with Crippen LogP contribution in [-0.2, 0) is 11.2 Å². The molecule has 0 atom stereocenters.